The van der Waals surface area contributed by atoms with Crippen LogP contribution in [0.2, 0.25) is 0 Å². The first-order valence-electron chi connectivity index (χ1n) is 5.40. The van der Waals surface area contributed by atoms with Crippen molar-refractivity contribution in [3.05, 3.63) is 49.4 Å². The highest BCUT2D eigenvalue weighted by Crippen LogP contribution is 2.27. The molecule has 2 rings (SSSR count). The van der Waals surface area contributed by atoms with E-state index in [9.17, 15) is 4.79 Å². The molecule has 0 bridgehead atoms. The lowest BCUT2D eigenvalue weighted by molar-refractivity contribution is 0.102. The molecule has 0 radical (unpaired) electrons. The Labute approximate surface area is 140 Å². The number of pyridine rings is 1. The van der Waals surface area contributed by atoms with Gasteiger partial charge in [-0.2, -0.15) is 0 Å². The second kappa shape index (κ2) is 6.66. The molecule has 0 unspecified atom stereocenters. The Morgan fingerprint density at radius 3 is 2.60 bits per heavy atom. The van der Waals surface area contributed by atoms with Gasteiger partial charge >= 0.3 is 0 Å². The smallest absolute Gasteiger partial charge is 0.259 e. The number of hydrazine groups is 1. The van der Waals surface area contributed by atoms with Gasteiger partial charge in [0.1, 0.15) is 0 Å². The van der Waals surface area contributed by atoms with Crippen LogP contribution in [0, 0.1) is 0 Å². The normalized spacial score (nSPS) is 10.2. The van der Waals surface area contributed by atoms with Crippen molar-refractivity contribution in [3.8, 4) is 0 Å². The topological polar surface area (TPSA) is 80.0 Å². The van der Waals surface area contributed by atoms with Gasteiger partial charge in [0.15, 0.2) is 5.82 Å². The first-order chi connectivity index (χ1) is 9.51. The molecule has 4 N–H and O–H groups in total. The van der Waals surface area contributed by atoms with Crippen LogP contribution in [-0.2, 0) is 0 Å². The number of halogens is 3. The predicted octanol–water partition coefficient (Wildman–Crippen LogP) is 3.91. The standard InChI is InChI=1S/C12H9Br3N4O/c13-6-1-2-9(15)10(4-6)18-12(20)8-3-7(14)5-17-11(8)19-16/h1-5H,16H2,(H,17,19)(H,18,20). The zero-order valence-electron chi connectivity index (χ0n) is 9.95. The fourth-order valence-corrected chi connectivity index (χ4v) is 2.55. The maximum absolute atomic E-state index is 12.3. The Morgan fingerprint density at radius 1 is 1.15 bits per heavy atom. The van der Waals surface area contributed by atoms with Crippen LogP contribution in [-0.4, -0.2) is 10.9 Å². The molecule has 20 heavy (non-hydrogen) atoms. The highest BCUT2D eigenvalue weighted by atomic mass is 79.9. The molecule has 1 aromatic carbocycles. The van der Waals surface area contributed by atoms with E-state index in [1.807, 2.05) is 12.1 Å². The molecule has 1 amide bonds. The molecule has 1 heterocycles. The van der Waals surface area contributed by atoms with E-state index in [0.29, 0.717) is 21.5 Å². The average Bonchev–Trinajstić information content (AvgIpc) is 2.42. The Hall–Kier alpha value is -0.960. The number of aromatic nitrogens is 1. The maximum atomic E-state index is 12.3. The third-order valence-corrected chi connectivity index (χ3v) is 4.03. The summed E-state index contributed by atoms with van der Waals surface area (Å²) < 4.78 is 2.33. The number of rotatable bonds is 3. The van der Waals surface area contributed by atoms with Gasteiger partial charge in [-0.3, -0.25) is 4.79 Å². The number of nitrogens with one attached hydrogen (secondary N) is 2. The quantitative estimate of drug-likeness (QED) is 0.475. The molecule has 0 saturated heterocycles. The van der Waals surface area contributed by atoms with E-state index < -0.39 is 0 Å². The Kier molecular flexibility index (Phi) is 5.14. The van der Waals surface area contributed by atoms with E-state index in [1.54, 1.807) is 18.3 Å². The summed E-state index contributed by atoms with van der Waals surface area (Å²) in [5, 5.41) is 2.80. The highest BCUT2D eigenvalue weighted by Gasteiger charge is 2.14. The van der Waals surface area contributed by atoms with Gasteiger partial charge in [0.2, 0.25) is 0 Å². The molecular weight excluding hydrogens is 456 g/mol. The zero-order chi connectivity index (χ0) is 14.7. The summed E-state index contributed by atoms with van der Waals surface area (Å²) in [4.78, 5) is 16.3. The van der Waals surface area contributed by atoms with Crippen LogP contribution in [0.5, 0.6) is 0 Å². The van der Waals surface area contributed by atoms with E-state index in [-0.39, 0.29) is 5.91 Å². The number of benzene rings is 1. The predicted molar refractivity (Wildman–Crippen MR) is 89.5 cm³/mol. The molecule has 0 aliphatic carbocycles. The van der Waals surface area contributed by atoms with Crippen LogP contribution in [0.1, 0.15) is 10.4 Å². The number of nitrogens with two attached hydrogens (primary N) is 1. The molecule has 8 heteroatoms. The van der Waals surface area contributed by atoms with Crippen molar-refractivity contribution < 1.29 is 4.79 Å². The second-order valence-corrected chi connectivity index (χ2v) is 6.46. The van der Waals surface area contributed by atoms with E-state index in [2.05, 4.69) is 63.5 Å². The largest absolute Gasteiger partial charge is 0.321 e. The van der Waals surface area contributed by atoms with Crippen molar-refractivity contribution in [1.29, 1.82) is 0 Å². The van der Waals surface area contributed by atoms with E-state index in [1.165, 1.54) is 0 Å². The van der Waals surface area contributed by atoms with Gasteiger partial charge in [-0.05, 0) is 56.1 Å². The maximum Gasteiger partial charge on any atom is 0.259 e. The molecule has 0 aliphatic heterocycles. The zero-order valence-corrected chi connectivity index (χ0v) is 14.7. The highest BCUT2D eigenvalue weighted by molar-refractivity contribution is 9.11. The van der Waals surface area contributed by atoms with Gasteiger partial charge in [-0.15, -0.1) is 0 Å². The molecule has 0 fully saturated rings. The van der Waals surface area contributed by atoms with Crippen LogP contribution in [0.3, 0.4) is 0 Å². The molecular formula is C12H9Br3N4O. The number of anilines is 2. The number of nitrogen functional groups attached to an aromatic ring is 1. The minimum atomic E-state index is -0.314. The van der Waals surface area contributed by atoms with Crippen LogP contribution in [0.25, 0.3) is 0 Å². The average molecular weight is 465 g/mol. The third-order valence-electron chi connectivity index (χ3n) is 2.41. The lowest BCUT2D eigenvalue weighted by Crippen LogP contribution is -2.18. The lowest BCUT2D eigenvalue weighted by atomic mass is 10.2. The number of carbonyl (C=O) groups is 1. The van der Waals surface area contributed by atoms with Crippen LogP contribution in [0.15, 0.2) is 43.9 Å². The minimum absolute atomic E-state index is 0.303. The number of hydrogen-bond acceptors (Lipinski definition) is 4. The van der Waals surface area contributed by atoms with Crippen molar-refractivity contribution in [2.75, 3.05) is 10.7 Å². The van der Waals surface area contributed by atoms with E-state index >= 15 is 0 Å². The van der Waals surface area contributed by atoms with Crippen molar-refractivity contribution in [3.63, 3.8) is 0 Å². The van der Waals surface area contributed by atoms with Crippen LogP contribution in [0.4, 0.5) is 11.5 Å². The Balaban J connectivity index is 2.32. The van der Waals surface area contributed by atoms with Crippen LogP contribution < -0.4 is 16.6 Å². The molecule has 104 valence electrons. The van der Waals surface area contributed by atoms with Gasteiger partial charge in [0, 0.05) is 19.6 Å². The molecule has 0 spiro atoms. The lowest BCUT2D eigenvalue weighted by Gasteiger charge is -2.11. The fourth-order valence-electron chi connectivity index (χ4n) is 1.51. The van der Waals surface area contributed by atoms with Gasteiger partial charge in [0.25, 0.3) is 5.91 Å². The van der Waals surface area contributed by atoms with Gasteiger partial charge < -0.3 is 10.7 Å². The van der Waals surface area contributed by atoms with E-state index in [0.717, 1.165) is 8.95 Å². The molecule has 0 aliphatic rings. The number of carbonyl (C=O) groups excluding carboxylic acids is 1. The van der Waals surface area contributed by atoms with Crippen molar-refractivity contribution in [2.24, 2.45) is 5.84 Å². The fraction of sp³-hybridized carbons (Fsp3) is 0. The molecule has 2 aromatic rings. The van der Waals surface area contributed by atoms with Crippen LogP contribution >= 0.6 is 47.8 Å². The summed E-state index contributed by atoms with van der Waals surface area (Å²) in [5.41, 5.74) is 3.39. The van der Waals surface area contributed by atoms with E-state index in [4.69, 9.17) is 5.84 Å². The SMILES string of the molecule is NNc1ncc(Br)cc1C(=O)Nc1cc(Br)ccc1Br. The molecule has 5 nitrogen and oxygen atoms in total. The second-order valence-electron chi connectivity index (χ2n) is 3.77. The summed E-state index contributed by atoms with van der Waals surface area (Å²) in [6.45, 7) is 0. The summed E-state index contributed by atoms with van der Waals surface area (Å²) in [6, 6.07) is 7.14. The van der Waals surface area contributed by atoms with Crippen molar-refractivity contribution in [2.45, 2.75) is 0 Å². The van der Waals surface area contributed by atoms with Gasteiger partial charge in [-0.1, -0.05) is 15.9 Å². The first kappa shape index (κ1) is 15.4. The molecule has 0 saturated carbocycles. The van der Waals surface area contributed by atoms with Crippen molar-refractivity contribution in [1.82, 2.24) is 4.98 Å². The Bertz CT molecular complexity index is 663. The number of amides is 1. The minimum Gasteiger partial charge on any atom is -0.321 e. The number of hydrogen-bond donors (Lipinski definition) is 3. The first-order valence-corrected chi connectivity index (χ1v) is 7.77. The monoisotopic (exact) mass is 462 g/mol. The Morgan fingerprint density at radius 2 is 1.90 bits per heavy atom. The molecule has 1 aromatic heterocycles. The summed E-state index contributed by atoms with van der Waals surface area (Å²) >= 11 is 10.0. The summed E-state index contributed by atoms with van der Waals surface area (Å²) in [6.07, 6.45) is 1.56. The van der Waals surface area contributed by atoms with Gasteiger partial charge in [0.05, 0.1) is 11.3 Å². The number of nitrogens with zero attached hydrogens (tertiary/aromatic N) is 1. The van der Waals surface area contributed by atoms with Crippen molar-refractivity contribution >= 4 is 65.2 Å². The third kappa shape index (κ3) is 3.57. The summed E-state index contributed by atoms with van der Waals surface area (Å²) in [5.74, 6) is 5.35. The summed E-state index contributed by atoms with van der Waals surface area (Å²) in [7, 11) is 0. The van der Waals surface area contributed by atoms with Gasteiger partial charge in [-0.25, -0.2) is 10.8 Å². The molecule has 0 atom stereocenters.